The molecule has 1 aliphatic carbocycles. The van der Waals surface area contributed by atoms with Gasteiger partial charge in [0, 0.05) is 12.8 Å². The number of hydrogen-bond donors (Lipinski definition) is 1. The molecule has 2 nitrogen and oxygen atoms in total. The zero-order chi connectivity index (χ0) is 10.7. The largest absolute Gasteiger partial charge is 0.490 e. The first-order valence-corrected chi connectivity index (χ1v) is 5.71. The van der Waals surface area contributed by atoms with Crippen molar-refractivity contribution in [1.82, 2.24) is 0 Å². The molecule has 1 aromatic carbocycles. The van der Waals surface area contributed by atoms with Gasteiger partial charge in [-0.25, -0.2) is 0 Å². The number of aliphatic hydroxyl groups is 1. The van der Waals surface area contributed by atoms with E-state index in [0.29, 0.717) is 0 Å². The van der Waals surface area contributed by atoms with Crippen LogP contribution in [0.3, 0.4) is 0 Å². The van der Waals surface area contributed by atoms with Crippen LogP contribution in [0.1, 0.15) is 31.7 Å². The van der Waals surface area contributed by atoms with Gasteiger partial charge in [0.1, 0.15) is 11.9 Å². The minimum Gasteiger partial charge on any atom is -0.490 e. The Morgan fingerprint density at radius 3 is 2.47 bits per heavy atom. The molecule has 1 fully saturated rings. The fourth-order valence-corrected chi connectivity index (χ4v) is 1.85. The van der Waals surface area contributed by atoms with Crippen LogP contribution in [0.2, 0.25) is 0 Å². The molecule has 82 valence electrons. The summed E-state index contributed by atoms with van der Waals surface area (Å²) < 4.78 is 5.69. The van der Waals surface area contributed by atoms with E-state index in [0.717, 1.165) is 25.0 Å². The fraction of sp³-hybridized carbons (Fsp3) is 0.538. The standard InChI is InChI=1S/C13H18O2/c1-2-3-10-4-6-12(7-5-10)15-13-8-11(14)9-13/h4-7,11,13-14H,2-3,8-9H2,1H3. The molecule has 0 aliphatic heterocycles. The molecule has 1 saturated carbocycles. The molecular formula is C13H18O2. The zero-order valence-electron chi connectivity index (χ0n) is 9.15. The highest BCUT2D eigenvalue weighted by Crippen LogP contribution is 2.25. The Kier molecular flexibility index (Phi) is 3.27. The van der Waals surface area contributed by atoms with Gasteiger partial charge in [0.2, 0.25) is 0 Å². The van der Waals surface area contributed by atoms with E-state index < -0.39 is 0 Å². The summed E-state index contributed by atoms with van der Waals surface area (Å²) in [6, 6.07) is 8.28. The van der Waals surface area contributed by atoms with Crippen LogP contribution in [0.15, 0.2) is 24.3 Å². The predicted octanol–water partition coefficient (Wildman–Crippen LogP) is 2.54. The summed E-state index contributed by atoms with van der Waals surface area (Å²) in [6.07, 6.45) is 3.93. The molecule has 2 heteroatoms. The first-order valence-electron chi connectivity index (χ1n) is 5.71. The number of ether oxygens (including phenoxy) is 1. The van der Waals surface area contributed by atoms with Crippen molar-refractivity contribution in [3.63, 3.8) is 0 Å². The van der Waals surface area contributed by atoms with Gasteiger partial charge in [0.05, 0.1) is 6.10 Å². The highest BCUT2D eigenvalue weighted by molar-refractivity contribution is 5.27. The second-order valence-electron chi connectivity index (χ2n) is 4.26. The highest BCUT2D eigenvalue weighted by atomic mass is 16.5. The molecular weight excluding hydrogens is 188 g/mol. The molecule has 0 atom stereocenters. The van der Waals surface area contributed by atoms with Gasteiger partial charge < -0.3 is 9.84 Å². The van der Waals surface area contributed by atoms with Crippen LogP contribution in [-0.2, 0) is 6.42 Å². The highest BCUT2D eigenvalue weighted by Gasteiger charge is 2.28. The first kappa shape index (κ1) is 10.5. The van der Waals surface area contributed by atoms with E-state index in [1.165, 1.54) is 12.0 Å². The Balaban J connectivity index is 1.87. The first-order chi connectivity index (χ1) is 7.28. The minimum absolute atomic E-state index is 0.144. The zero-order valence-corrected chi connectivity index (χ0v) is 9.15. The number of benzene rings is 1. The molecule has 0 saturated heterocycles. The lowest BCUT2D eigenvalue weighted by Gasteiger charge is -2.31. The number of aryl methyl sites for hydroxylation is 1. The van der Waals surface area contributed by atoms with E-state index in [4.69, 9.17) is 9.84 Å². The van der Waals surface area contributed by atoms with Gasteiger partial charge in [-0.2, -0.15) is 0 Å². The SMILES string of the molecule is CCCc1ccc(OC2CC(O)C2)cc1. The summed E-state index contributed by atoms with van der Waals surface area (Å²) in [7, 11) is 0. The molecule has 0 unspecified atom stereocenters. The molecule has 2 rings (SSSR count). The Morgan fingerprint density at radius 2 is 1.93 bits per heavy atom. The second kappa shape index (κ2) is 4.67. The third-order valence-electron chi connectivity index (χ3n) is 2.83. The third kappa shape index (κ3) is 2.72. The Labute approximate surface area is 90.9 Å². The van der Waals surface area contributed by atoms with Crippen molar-refractivity contribution in [2.45, 2.75) is 44.8 Å². The lowest BCUT2D eigenvalue weighted by Crippen LogP contribution is -2.37. The van der Waals surface area contributed by atoms with Gasteiger partial charge in [-0.15, -0.1) is 0 Å². The summed E-state index contributed by atoms with van der Waals surface area (Å²) in [4.78, 5) is 0. The monoisotopic (exact) mass is 206 g/mol. The van der Waals surface area contributed by atoms with Gasteiger partial charge in [-0.1, -0.05) is 25.5 Å². The van der Waals surface area contributed by atoms with Gasteiger partial charge in [-0.05, 0) is 24.1 Å². The molecule has 0 aromatic heterocycles. The Bertz CT molecular complexity index is 299. The van der Waals surface area contributed by atoms with Crippen molar-refractivity contribution in [2.75, 3.05) is 0 Å². The van der Waals surface area contributed by atoms with Gasteiger partial charge in [0.25, 0.3) is 0 Å². The molecule has 1 aliphatic rings. The van der Waals surface area contributed by atoms with Crippen molar-refractivity contribution in [3.8, 4) is 5.75 Å². The van der Waals surface area contributed by atoms with Crippen molar-refractivity contribution in [3.05, 3.63) is 29.8 Å². The van der Waals surface area contributed by atoms with Gasteiger partial charge in [0.15, 0.2) is 0 Å². The van der Waals surface area contributed by atoms with Crippen molar-refractivity contribution in [1.29, 1.82) is 0 Å². The van der Waals surface area contributed by atoms with Crippen molar-refractivity contribution >= 4 is 0 Å². The quantitative estimate of drug-likeness (QED) is 0.820. The van der Waals surface area contributed by atoms with E-state index in [2.05, 4.69) is 19.1 Å². The molecule has 0 heterocycles. The molecule has 0 amide bonds. The van der Waals surface area contributed by atoms with Crippen LogP contribution in [0.4, 0.5) is 0 Å². The summed E-state index contributed by atoms with van der Waals surface area (Å²) in [5.41, 5.74) is 1.36. The van der Waals surface area contributed by atoms with E-state index >= 15 is 0 Å². The maximum Gasteiger partial charge on any atom is 0.119 e. The summed E-state index contributed by atoms with van der Waals surface area (Å²) in [5.74, 6) is 0.923. The second-order valence-corrected chi connectivity index (χ2v) is 4.26. The number of aliphatic hydroxyl groups excluding tert-OH is 1. The van der Waals surface area contributed by atoms with Crippen LogP contribution in [0, 0.1) is 0 Å². The van der Waals surface area contributed by atoms with Crippen LogP contribution in [-0.4, -0.2) is 17.3 Å². The Morgan fingerprint density at radius 1 is 1.27 bits per heavy atom. The van der Waals surface area contributed by atoms with E-state index in [1.54, 1.807) is 0 Å². The molecule has 0 spiro atoms. The molecule has 0 bridgehead atoms. The fourth-order valence-electron chi connectivity index (χ4n) is 1.85. The average Bonchev–Trinajstić information content (AvgIpc) is 2.19. The van der Waals surface area contributed by atoms with Crippen molar-refractivity contribution < 1.29 is 9.84 Å². The summed E-state index contributed by atoms with van der Waals surface area (Å²) in [5, 5.41) is 9.13. The lowest BCUT2D eigenvalue weighted by molar-refractivity contribution is -0.0107. The van der Waals surface area contributed by atoms with E-state index in [9.17, 15) is 0 Å². The van der Waals surface area contributed by atoms with Crippen LogP contribution < -0.4 is 4.74 Å². The number of hydrogen-bond acceptors (Lipinski definition) is 2. The lowest BCUT2D eigenvalue weighted by atomic mass is 9.92. The minimum atomic E-state index is -0.144. The van der Waals surface area contributed by atoms with E-state index in [-0.39, 0.29) is 12.2 Å². The van der Waals surface area contributed by atoms with Gasteiger partial charge >= 0.3 is 0 Å². The normalized spacial score (nSPS) is 24.7. The molecule has 15 heavy (non-hydrogen) atoms. The summed E-state index contributed by atoms with van der Waals surface area (Å²) >= 11 is 0. The third-order valence-corrected chi connectivity index (χ3v) is 2.83. The predicted molar refractivity (Wildman–Crippen MR) is 60.1 cm³/mol. The number of rotatable bonds is 4. The van der Waals surface area contributed by atoms with Crippen LogP contribution >= 0.6 is 0 Å². The smallest absolute Gasteiger partial charge is 0.119 e. The van der Waals surface area contributed by atoms with E-state index in [1.807, 2.05) is 12.1 Å². The molecule has 1 N–H and O–H groups in total. The maximum absolute atomic E-state index is 9.13. The Hall–Kier alpha value is -1.02. The summed E-state index contributed by atoms with van der Waals surface area (Å²) in [6.45, 7) is 2.18. The average molecular weight is 206 g/mol. The molecule has 0 radical (unpaired) electrons. The topological polar surface area (TPSA) is 29.5 Å². The molecule has 1 aromatic rings. The van der Waals surface area contributed by atoms with Crippen LogP contribution in [0.5, 0.6) is 5.75 Å². The van der Waals surface area contributed by atoms with Gasteiger partial charge in [-0.3, -0.25) is 0 Å². The van der Waals surface area contributed by atoms with Crippen molar-refractivity contribution in [2.24, 2.45) is 0 Å². The van der Waals surface area contributed by atoms with Crippen LogP contribution in [0.25, 0.3) is 0 Å². The maximum atomic E-state index is 9.13.